The van der Waals surface area contributed by atoms with Crippen LogP contribution in [0.1, 0.15) is 58.2 Å². The average Bonchev–Trinajstić information content (AvgIpc) is 3.34. The molecule has 266 valence electrons. The summed E-state index contributed by atoms with van der Waals surface area (Å²) >= 11 is 6.74. The van der Waals surface area contributed by atoms with Crippen molar-refractivity contribution in [2.75, 3.05) is 37.7 Å². The predicted molar refractivity (Wildman–Crippen MR) is 191 cm³/mol. The van der Waals surface area contributed by atoms with E-state index in [1.54, 1.807) is 4.90 Å². The fraction of sp³-hybridized carbons (Fsp3) is 0.514. The average molecular weight is 716 g/mol. The molecule has 0 aromatic heterocycles. The Morgan fingerprint density at radius 1 is 1.08 bits per heavy atom. The van der Waals surface area contributed by atoms with Crippen LogP contribution in [0.3, 0.4) is 0 Å². The molecule has 12 heteroatoms. The number of anilines is 1. The molecule has 2 aromatic rings. The van der Waals surface area contributed by atoms with E-state index >= 15 is 8.78 Å². The summed E-state index contributed by atoms with van der Waals surface area (Å²) in [6, 6.07) is 11.0. The molecule has 3 aliphatic rings. The normalized spacial score (nSPS) is 22.7. The predicted octanol–water partition coefficient (Wildman–Crippen LogP) is 7.54. The first-order valence-electron chi connectivity index (χ1n) is 16.7. The van der Waals surface area contributed by atoms with Crippen molar-refractivity contribution in [2.24, 2.45) is 5.73 Å². The SMILES string of the molecule is CC(C)(C)OC(=O)N1CCN2c3cc(F)c(Cl)c(C4=C(C(N)=O)C=CC(OCCO[Si](C)(C)C(C)(C)C)C4F)c3C[C@@]2(c2ccccc2)C1. The van der Waals surface area contributed by atoms with Crippen molar-refractivity contribution in [1.82, 2.24) is 4.90 Å². The Labute approximate surface area is 294 Å². The molecule has 0 spiro atoms. The highest BCUT2D eigenvalue weighted by Gasteiger charge is 2.52. The van der Waals surface area contributed by atoms with Gasteiger partial charge in [0.25, 0.3) is 0 Å². The number of piperazine rings is 1. The van der Waals surface area contributed by atoms with E-state index in [0.717, 1.165) is 5.56 Å². The Hall–Kier alpha value is -3.25. The fourth-order valence-corrected chi connectivity index (χ4v) is 7.95. The zero-order valence-corrected chi connectivity index (χ0v) is 31.4. The fourth-order valence-electron chi connectivity index (χ4n) is 6.66. The maximum absolute atomic E-state index is 16.8. The Morgan fingerprint density at radius 3 is 2.37 bits per heavy atom. The van der Waals surface area contributed by atoms with Gasteiger partial charge >= 0.3 is 6.09 Å². The van der Waals surface area contributed by atoms with Crippen molar-refractivity contribution in [3.05, 3.63) is 81.7 Å². The van der Waals surface area contributed by atoms with Gasteiger partial charge in [0.15, 0.2) is 14.5 Å². The van der Waals surface area contributed by atoms with E-state index in [2.05, 4.69) is 38.8 Å². The van der Waals surface area contributed by atoms with Crippen molar-refractivity contribution in [3.63, 3.8) is 0 Å². The van der Waals surface area contributed by atoms with E-state index in [1.165, 1.54) is 18.2 Å². The standard InChI is InChI=1S/C37H48ClF2N3O5Si/c1-35(2,3)48-34(45)42-16-17-43-27-20-26(39)31(38)29(25(27)21-37(43,22-42)23-12-10-9-11-13-23)30-24(33(41)44)14-15-28(32(30)40)46-18-19-47-49(7,8)36(4,5)6/h9-15,20,28,32H,16-19,21-22H2,1-8H3,(H2,41,44)/t28?,32?,37-/m0/s1. The number of alkyl halides is 1. The molecular weight excluding hydrogens is 668 g/mol. The van der Waals surface area contributed by atoms with Crippen LogP contribution in [0.25, 0.3) is 5.57 Å². The zero-order valence-electron chi connectivity index (χ0n) is 29.7. The lowest BCUT2D eigenvalue weighted by molar-refractivity contribution is -0.114. The molecule has 2 amide bonds. The van der Waals surface area contributed by atoms with Gasteiger partial charge in [-0.15, -0.1) is 0 Å². The maximum atomic E-state index is 16.8. The van der Waals surface area contributed by atoms with Gasteiger partial charge < -0.3 is 29.4 Å². The van der Waals surface area contributed by atoms with Crippen LogP contribution < -0.4 is 10.6 Å². The summed E-state index contributed by atoms with van der Waals surface area (Å²) in [6.45, 7) is 17.4. The number of benzene rings is 2. The van der Waals surface area contributed by atoms with Crippen LogP contribution in [-0.4, -0.2) is 75.9 Å². The quantitative estimate of drug-likeness (QED) is 0.224. The number of amides is 2. The molecule has 0 bridgehead atoms. The molecular formula is C37H48ClF2N3O5Si. The summed E-state index contributed by atoms with van der Waals surface area (Å²) < 4.78 is 50.7. The van der Waals surface area contributed by atoms with Crippen LogP contribution in [0.2, 0.25) is 23.2 Å². The minimum Gasteiger partial charge on any atom is -0.444 e. The lowest BCUT2D eigenvalue weighted by atomic mass is 9.80. The number of halogens is 3. The van der Waals surface area contributed by atoms with Gasteiger partial charge in [-0.05, 0) is 56.1 Å². The summed E-state index contributed by atoms with van der Waals surface area (Å²) in [5, 5.41) is -0.312. The number of hydrogen-bond donors (Lipinski definition) is 1. The number of nitrogens with two attached hydrogens (primary N) is 1. The molecule has 1 aliphatic carbocycles. The molecule has 8 nitrogen and oxygen atoms in total. The number of primary amides is 1. The van der Waals surface area contributed by atoms with E-state index in [-0.39, 0.29) is 52.9 Å². The van der Waals surface area contributed by atoms with Gasteiger partial charge in [0.05, 0.1) is 30.3 Å². The topological polar surface area (TPSA) is 94.3 Å². The van der Waals surface area contributed by atoms with Crippen molar-refractivity contribution >= 4 is 43.2 Å². The van der Waals surface area contributed by atoms with Gasteiger partial charge in [0.1, 0.15) is 17.5 Å². The van der Waals surface area contributed by atoms with E-state index in [0.29, 0.717) is 24.3 Å². The number of rotatable bonds is 8. The number of ether oxygens (including phenoxy) is 2. The maximum Gasteiger partial charge on any atom is 0.410 e. The molecule has 5 rings (SSSR count). The van der Waals surface area contributed by atoms with Crippen LogP contribution in [0.4, 0.5) is 19.3 Å². The number of hydrogen-bond acceptors (Lipinski definition) is 6. The second-order valence-electron chi connectivity index (χ2n) is 15.6. The molecule has 1 fully saturated rings. The number of fused-ring (bicyclic) bond motifs is 3. The number of carbonyl (C=O) groups is 2. The molecule has 0 saturated carbocycles. The Morgan fingerprint density at radius 2 is 1.76 bits per heavy atom. The third kappa shape index (κ3) is 7.18. The highest BCUT2D eigenvalue weighted by molar-refractivity contribution is 6.74. The van der Waals surface area contributed by atoms with Crippen LogP contribution in [0.15, 0.2) is 54.1 Å². The first-order chi connectivity index (χ1) is 22.8. The number of nitrogens with zero attached hydrogens (tertiary/aromatic N) is 2. The van der Waals surface area contributed by atoms with Gasteiger partial charge in [-0.3, -0.25) is 4.79 Å². The summed E-state index contributed by atoms with van der Waals surface area (Å²) in [5.74, 6) is -1.63. The van der Waals surface area contributed by atoms with Gasteiger partial charge in [-0.1, -0.05) is 74.9 Å². The van der Waals surface area contributed by atoms with E-state index in [4.69, 9.17) is 31.2 Å². The molecule has 2 N–H and O–H groups in total. The molecule has 3 atom stereocenters. The van der Waals surface area contributed by atoms with Crippen molar-refractivity contribution in [3.8, 4) is 0 Å². The second kappa shape index (κ2) is 13.5. The zero-order chi connectivity index (χ0) is 36.1. The van der Waals surface area contributed by atoms with Crippen molar-refractivity contribution in [2.45, 2.75) is 89.5 Å². The smallest absolute Gasteiger partial charge is 0.410 e. The Kier molecular flexibility index (Phi) is 10.2. The van der Waals surface area contributed by atoms with Crippen molar-refractivity contribution in [1.29, 1.82) is 0 Å². The van der Waals surface area contributed by atoms with E-state index in [9.17, 15) is 9.59 Å². The summed E-state index contributed by atoms with van der Waals surface area (Å²) in [6.07, 6.45) is -0.293. The highest BCUT2D eigenvalue weighted by Crippen LogP contribution is 2.53. The lowest BCUT2D eigenvalue weighted by Crippen LogP contribution is -2.60. The minimum absolute atomic E-state index is 0.00455. The van der Waals surface area contributed by atoms with Gasteiger partial charge in [0.2, 0.25) is 5.91 Å². The largest absolute Gasteiger partial charge is 0.444 e. The first kappa shape index (κ1) is 37.0. The third-order valence-corrected chi connectivity index (χ3v) is 15.0. The third-order valence-electron chi connectivity index (χ3n) is 10.1. The summed E-state index contributed by atoms with van der Waals surface area (Å²) in [5.41, 5.74) is 6.08. The van der Waals surface area contributed by atoms with E-state index < -0.39 is 49.6 Å². The molecule has 2 aromatic carbocycles. The van der Waals surface area contributed by atoms with Crippen LogP contribution in [-0.2, 0) is 30.7 Å². The minimum atomic E-state index is -2.06. The van der Waals surface area contributed by atoms with E-state index in [1.807, 2.05) is 51.1 Å². The summed E-state index contributed by atoms with van der Waals surface area (Å²) in [7, 11) is -2.06. The molecule has 2 unspecified atom stereocenters. The lowest BCUT2D eigenvalue weighted by Gasteiger charge is -2.48. The number of carbonyl (C=O) groups excluding carboxylic acids is 2. The van der Waals surface area contributed by atoms with Gasteiger partial charge in [-0.2, -0.15) is 0 Å². The second-order valence-corrected chi connectivity index (χ2v) is 20.8. The monoisotopic (exact) mass is 715 g/mol. The molecule has 2 aliphatic heterocycles. The van der Waals surface area contributed by atoms with Crippen molar-refractivity contribution < 1.29 is 32.3 Å². The van der Waals surface area contributed by atoms with Crippen LogP contribution >= 0.6 is 11.6 Å². The molecule has 2 heterocycles. The molecule has 0 radical (unpaired) electrons. The van der Waals surface area contributed by atoms with Crippen LogP contribution in [0, 0.1) is 5.82 Å². The van der Waals surface area contributed by atoms with Crippen LogP contribution in [0.5, 0.6) is 0 Å². The first-order valence-corrected chi connectivity index (χ1v) is 20.0. The summed E-state index contributed by atoms with van der Waals surface area (Å²) in [4.78, 5) is 29.9. The Balaban J connectivity index is 1.54. The Bertz CT molecular complexity index is 1670. The molecule has 49 heavy (non-hydrogen) atoms. The van der Waals surface area contributed by atoms with Gasteiger partial charge in [-0.25, -0.2) is 13.6 Å². The molecule has 1 saturated heterocycles. The van der Waals surface area contributed by atoms with Gasteiger partial charge in [0, 0.05) is 41.9 Å². The highest BCUT2D eigenvalue weighted by atomic mass is 35.5.